The Morgan fingerprint density at radius 2 is 1.97 bits per heavy atom. The minimum atomic E-state index is -4.58. The minimum Gasteiger partial charge on any atom is -0.327 e. The second-order valence-electron chi connectivity index (χ2n) is 6.38. The molecule has 0 fully saturated rings. The molecular formula is C16H19F3N6O2S2. The van der Waals surface area contributed by atoms with Crippen molar-refractivity contribution >= 4 is 32.8 Å². The zero-order valence-corrected chi connectivity index (χ0v) is 17.3. The highest BCUT2D eigenvalue weighted by Crippen LogP contribution is 2.31. The van der Waals surface area contributed by atoms with Crippen LogP contribution in [0.1, 0.15) is 31.4 Å². The summed E-state index contributed by atoms with van der Waals surface area (Å²) in [6, 6.07) is 4.44. The van der Waals surface area contributed by atoms with Crippen LogP contribution in [-0.2, 0) is 35.5 Å². The number of rotatable bonds is 7. The van der Waals surface area contributed by atoms with Crippen LogP contribution in [0.25, 0.3) is 11.0 Å². The summed E-state index contributed by atoms with van der Waals surface area (Å²) in [5.41, 5.74) is 1.19. The molecular weight excluding hydrogens is 429 g/mol. The Balaban J connectivity index is 1.94. The number of alkyl halides is 3. The lowest BCUT2D eigenvalue weighted by atomic mass is 10.3. The first-order valence-corrected chi connectivity index (χ1v) is 11.2. The lowest BCUT2D eigenvalue weighted by Gasteiger charge is -2.09. The third-order valence-electron chi connectivity index (χ3n) is 4.28. The molecule has 0 aliphatic rings. The average Bonchev–Trinajstić information content (AvgIpc) is 3.16. The van der Waals surface area contributed by atoms with Crippen molar-refractivity contribution < 1.29 is 21.6 Å². The summed E-state index contributed by atoms with van der Waals surface area (Å²) in [6.45, 7) is 2.68. The van der Waals surface area contributed by atoms with Crippen molar-refractivity contribution in [3.05, 3.63) is 29.8 Å². The number of nitrogens with zero attached hydrogens (tertiary/aromatic N) is 5. The van der Waals surface area contributed by atoms with E-state index in [9.17, 15) is 21.6 Å². The molecule has 0 saturated carbocycles. The van der Waals surface area contributed by atoms with Crippen molar-refractivity contribution in [2.24, 2.45) is 12.2 Å². The second kappa shape index (κ2) is 7.95. The molecule has 158 valence electrons. The van der Waals surface area contributed by atoms with E-state index in [1.165, 1.54) is 19.2 Å². The summed E-state index contributed by atoms with van der Waals surface area (Å²) >= 11 is 1.07. The molecule has 0 atom stereocenters. The molecule has 0 bridgehead atoms. The van der Waals surface area contributed by atoms with E-state index < -0.39 is 22.0 Å². The number of primary sulfonamides is 1. The molecule has 0 radical (unpaired) electrons. The van der Waals surface area contributed by atoms with Gasteiger partial charge in [-0.15, -0.1) is 10.2 Å². The maximum Gasteiger partial charge on any atom is 0.451 e. The molecule has 2 aromatic heterocycles. The molecule has 8 nitrogen and oxygen atoms in total. The van der Waals surface area contributed by atoms with E-state index in [1.807, 2.05) is 11.5 Å². The smallest absolute Gasteiger partial charge is 0.327 e. The zero-order chi connectivity index (χ0) is 21.4. The predicted octanol–water partition coefficient (Wildman–Crippen LogP) is 2.92. The van der Waals surface area contributed by atoms with Crippen molar-refractivity contribution in [2.45, 2.75) is 48.3 Å². The number of thioether (sulfide) groups is 1. The van der Waals surface area contributed by atoms with Crippen LogP contribution in [0.15, 0.2) is 28.3 Å². The highest BCUT2D eigenvalue weighted by atomic mass is 32.2. The highest BCUT2D eigenvalue weighted by molar-refractivity contribution is 7.98. The number of hydrogen-bond acceptors (Lipinski definition) is 6. The van der Waals surface area contributed by atoms with E-state index in [2.05, 4.69) is 15.2 Å². The summed E-state index contributed by atoms with van der Waals surface area (Å²) in [7, 11) is -2.62. The molecule has 0 aliphatic carbocycles. The number of sulfonamides is 1. The Morgan fingerprint density at radius 3 is 2.55 bits per heavy atom. The molecule has 0 unspecified atom stereocenters. The molecule has 0 aliphatic heterocycles. The number of aryl methyl sites for hydroxylation is 1. The Morgan fingerprint density at radius 1 is 1.24 bits per heavy atom. The maximum atomic E-state index is 12.9. The van der Waals surface area contributed by atoms with E-state index in [4.69, 9.17) is 5.14 Å². The molecule has 3 rings (SSSR count). The third kappa shape index (κ3) is 4.56. The van der Waals surface area contributed by atoms with E-state index in [0.29, 0.717) is 17.9 Å². The van der Waals surface area contributed by atoms with Gasteiger partial charge >= 0.3 is 6.18 Å². The van der Waals surface area contributed by atoms with Crippen molar-refractivity contribution in [3.8, 4) is 0 Å². The van der Waals surface area contributed by atoms with Crippen LogP contribution >= 0.6 is 11.8 Å². The zero-order valence-electron chi connectivity index (χ0n) is 15.6. The van der Waals surface area contributed by atoms with Crippen LogP contribution in [-0.4, -0.2) is 32.7 Å². The number of imidazole rings is 1. The number of nitrogens with two attached hydrogens (primary N) is 1. The van der Waals surface area contributed by atoms with Gasteiger partial charge < -0.3 is 9.13 Å². The SMILES string of the molecule is CCCCn1c(CSc2nnc(C(F)(F)F)n2C)nc2cc(S(N)(=O)=O)ccc21. The van der Waals surface area contributed by atoms with Gasteiger partial charge in [0.25, 0.3) is 0 Å². The van der Waals surface area contributed by atoms with Crippen LogP contribution in [0.4, 0.5) is 13.2 Å². The molecule has 2 N–H and O–H groups in total. The third-order valence-corrected chi connectivity index (χ3v) is 6.21. The topological polar surface area (TPSA) is 109 Å². The van der Waals surface area contributed by atoms with E-state index in [1.54, 1.807) is 6.07 Å². The quantitative estimate of drug-likeness (QED) is 0.557. The number of aromatic nitrogens is 5. The fourth-order valence-electron chi connectivity index (χ4n) is 2.83. The molecule has 0 saturated heterocycles. The van der Waals surface area contributed by atoms with Crippen molar-refractivity contribution in [1.82, 2.24) is 24.3 Å². The van der Waals surface area contributed by atoms with Gasteiger partial charge in [0.05, 0.1) is 21.7 Å². The summed E-state index contributed by atoms with van der Waals surface area (Å²) < 4.78 is 64.7. The molecule has 0 amide bonds. The van der Waals surface area contributed by atoms with Crippen LogP contribution in [0.5, 0.6) is 0 Å². The molecule has 13 heteroatoms. The van der Waals surface area contributed by atoms with Gasteiger partial charge in [-0.1, -0.05) is 25.1 Å². The van der Waals surface area contributed by atoms with Gasteiger partial charge in [-0.25, -0.2) is 18.5 Å². The first-order valence-electron chi connectivity index (χ1n) is 8.63. The lowest BCUT2D eigenvalue weighted by molar-refractivity contribution is -0.147. The van der Waals surface area contributed by atoms with E-state index >= 15 is 0 Å². The van der Waals surface area contributed by atoms with Crippen LogP contribution in [0, 0.1) is 0 Å². The van der Waals surface area contributed by atoms with Crippen LogP contribution in [0.2, 0.25) is 0 Å². The van der Waals surface area contributed by atoms with Gasteiger partial charge in [0.2, 0.25) is 15.8 Å². The van der Waals surface area contributed by atoms with Gasteiger partial charge in [0.15, 0.2) is 5.16 Å². The number of fused-ring (bicyclic) bond motifs is 1. The maximum absolute atomic E-state index is 12.9. The largest absolute Gasteiger partial charge is 0.451 e. The van der Waals surface area contributed by atoms with Crippen molar-refractivity contribution in [1.29, 1.82) is 0 Å². The summed E-state index contributed by atoms with van der Waals surface area (Å²) in [4.78, 5) is 4.43. The summed E-state index contributed by atoms with van der Waals surface area (Å²) in [5.74, 6) is -0.230. The molecule has 1 aromatic carbocycles. The van der Waals surface area contributed by atoms with Gasteiger partial charge in [0, 0.05) is 13.6 Å². The summed E-state index contributed by atoms with van der Waals surface area (Å²) in [5, 5.41) is 12.1. The normalized spacial score (nSPS) is 12.8. The van der Waals surface area contributed by atoms with E-state index in [-0.39, 0.29) is 15.8 Å². The fraction of sp³-hybridized carbons (Fsp3) is 0.438. The van der Waals surface area contributed by atoms with Gasteiger partial charge in [-0.05, 0) is 24.6 Å². The molecule has 2 heterocycles. The van der Waals surface area contributed by atoms with Gasteiger partial charge in [-0.3, -0.25) is 0 Å². The predicted molar refractivity (Wildman–Crippen MR) is 102 cm³/mol. The number of unbranched alkanes of at least 4 members (excludes halogenated alkanes) is 1. The Labute approximate surface area is 169 Å². The average molecular weight is 448 g/mol. The Kier molecular flexibility index (Phi) is 5.92. The van der Waals surface area contributed by atoms with Crippen molar-refractivity contribution in [3.63, 3.8) is 0 Å². The Bertz CT molecular complexity index is 1140. The number of hydrogen-bond donors (Lipinski definition) is 1. The Hall–Kier alpha value is -2.12. The van der Waals surface area contributed by atoms with Crippen LogP contribution < -0.4 is 5.14 Å². The number of halogens is 3. The molecule has 29 heavy (non-hydrogen) atoms. The standard InChI is InChI=1S/C16H19F3N6O2S2/c1-3-4-7-25-12-6-5-10(29(20,26)27)8-11(12)21-13(25)9-28-15-23-22-14(24(15)2)16(17,18)19/h5-6,8H,3-4,7,9H2,1-2H3,(H2,20,26,27). The fourth-order valence-corrected chi connectivity index (χ4v) is 4.22. The van der Waals surface area contributed by atoms with E-state index in [0.717, 1.165) is 34.7 Å². The highest BCUT2D eigenvalue weighted by Gasteiger charge is 2.37. The second-order valence-corrected chi connectivity index (χ2v) is 8.88. The first-order chi connectivity index (χ1) is 13.5. The van der Waals surface area contributed by atoms with Crippen LogP contribution in [0.3, 0.4) is 0 Å². The minimum absolute atomic E-state index is 0.0486. The number of benzene rings is 1. The lowest BCUT2D eigenvalue weighted by Crippen LogP contribution is -2.13. The summed E-state index contributed by atoms with van der Waals surface area (Å²) in [6.07, 6.45) is -2.79. The monoisotopic (exact) mass is 448 g/mol. The molecule has 3 aromatic rings. The van der Waals surface area contributed by atoms with Gasteiger partial charge in [-0.2, -0.15) is 13.2 Å². The van der Waals surface area contributed by atoms with Crippen molar-refractivity contribution in [2.75, 3.05) is 0 Å². The van der Waals surface area contributed by atoms with Gasteiger partial charge in [0.1, 0.15) is 5.82 Å². The first kappa shape index (κ1) is 21.6. The molecule has 0 spiro atoms.